The fourth-order valence-corrected chi connectivity index (χ4v) is 2.10. The van der Waals surface area contributed by atoms with Gasteiger partial charge in [-0.2, -0.15) is 10.5 Å². The summed E-state index contributed by atoms with van der Waals surface area (Å²) >= 11 is 0. The van der Waals surface area contributed by atoms with E-state index in [-0.39, 0.29) is 0 Å². The summed E-state index contributed by atoms with van der Waals surface area (Å²) in [6, 6.07) is 16.9. The Morgan fingerprint density at radius 2 is 1.86 bits per heavy atom. The van der Waals surface area contributed by atoms with Gasteiger partial charge < -0.3 is 10.3 Å². The summed E-state index contributed by atoms with van der Waals surface area (Å²) in [6.45, 7) is 0.570. The third kappa shape index (κ3) is 2.68. The average Bonchev–Trinajstić information content (AvgIpc) is 2.95. The van der Waals surface area contributed by atoms with Gasteiger partial charge in [0.25, 0.3) is 0 Å². The van der Waals surface area contributed by atoms with E-state index in [1.54, 1.807) is 18.2 Å². The molecule has 2 aromatic carbocycles. The molecule has 0 amide bonds. The molecule has 0 saturated heterocycles. The van der Waals surface area contributed by atoms with Crippen LogP contribution in [-0.2, 0) is 6.54 Å². The molecular formula is C16H11N5. The number of rotatable bonds is 3. The predicted molar refractivity (Wildman–Crippen MR) is 79.3 cm³/mol. The van der Waals surface area contributed by atoms with E-state index in [4.69, 9.17) is 10.5 Å². The summed E-state index contributed by atoms with van der Waals surface area (Å²) in [6.07, 6.45) is 0. The lowest BCUT2D eigenvalue weighted by atomic mass is 10.1. The number of H-pyrrole nitrogens is 1. The minimum absolute atomic E-state index is 0.570. The molecule has 0 bridgehead atoms. The first kappa shape index (κ1) is 12.7. The number of aromatic nitrogens is 2. The normalized spacial score (nSPS) is 10.0. The second-order valence-electron chi connectivity index (χ2n) is 4.59. The van der Waals surface area contributed by atoms with Crippen molar-refractivity contribution in [1.82, 2.24) is 9.97 Å². The smallest absolute Gasteiger partial charge is 0.201 e. The maximum atomic E-state index is 8.88. The molecule has 0 spiro atoms. The van der Waals surface area contributed by atoms with Crippen LogP contribution >= 0.6 is 0 Å². The number of fused-ring (bicyclic) bond motifs is 1. The highest BCUT2D eigenvalue weighted by Gasteiger charge is 2.03. The third-order valence-corrected chi connectivity index (χ3v) is 3.13. The molecule has 1 heterocycles. The zero-order valence-corrected chi connectivity index (χ0v) is 11.1. The Bertz CT molecular complexity index is 880. The van der Waals surface area contributed by atoms with Crippen LogP contribution in [0.4, 0.5) is 5.95 Å². The number of aromatic amines is 1. The predicted octanol–water partition coefficient (Wildman–Crippen LogP) is 2.92. The second-order valence-corrected chi connectivity index (χ2v) is 4.59. The molecule has 0 aliphatic carbocycles. The van der Waals surface area contributed by atoms with Crippen molar-refractivity contribution in [3.05, 3.63) is 59.2 Å². The molecule has 3 aromatic rings. The minimum atomic E-state index is 0.570. The summed E-state index contributed by atoms with van der Waals surface area (Å²) in [5.74, 6) is 0.641. The monoisotopic (exact) mass is 273 g/mol. The van der Waals surface area contributed by atoms with Gasteiger partial charge in [-0.25, -0.2) is 4.98 Å². The van der Waals surface area contributed by atoms with E-state index in [2.05, 4.69) is 27.4 Å². The summed E-state index contributed by atoms with van der Waals surface area (Å²) in [4.78, 5) is 7.54. The topological polar surface area (TPSA) is 88.3 Å². The minimum Gasteiger partial charge on any atom is -0.352 e. The van der Waals surface area contributed by atoms with E-state index in [9.17, 15) is 0 Å². The molecule has 100 valence electrons. The maximum absolute atomic E-state index is 8.88. The first-order valence-electron chi connectivity index (χ1n) is 6.41. The van der Waals surface area contributed by atoms with E-state index in [0.29, 0.717) is 23.6 Å². The number of benzene rings is 2. The standard InChI is InChI=1S/C16H11N5/c17-8-11-2-1-3-13(6-11)10-19-16-20-14-5-4-12(9-18)7-15(14)21-16/h1-7H,10H2,(H2,19,20,21). The van der Waals surface area contributed by atoms with Crippen molar-refractivity contribution in [3.63, 3.8) is 0 Å². The van der Waals surface area contributed by atoms with Gasteiger partial charge in [-0.05, 0) is 35.9 Å². The Hall–Kier alpha value is -3.31. The number of nitriles is 2. The molecule has 21 heavy (non-hydrogen) atoms. The molecule has 0 radical (unpaired) electrons. The first-order valence-corrected chi connectivity index (χ1v) is 6.41. The fourth-order valence-electron chi connectivity index (χ4n) is 2.10. The Morgan fingerprint density at radius 3 is 2.67 bits per heavy atom. The molecular weight excluding hydrogens is 262 g/mol. The summed E-state index contributed by atoms with van der Waals surface area (Å²) in [5.41, 5.74) is 3.87. The van der Waals surface area contributed by atoms with Gasteiger partial charge in [0.2, 0.25) is 5.95 Å². The molecule has 0 atom stereocenters. The Kier molecular flexibility index (Phi) is 3.24. The van der Waals surface area contributed by atoms with Crippen LogP contribution < -0.4 is 5.32 Å². The summed E-state index contributed by atoms with van der Waals surface area (Å²) in [7, 11) is 0. The van der Waals surface area contributed by atoms with E-state index in [0.717, 1.165) is 16.6 Å². The van der Waals surface area contributed by atoms with Crippen LogP contribution in [0.25, 0.3) is 11.0 Å². The molecule has 2 N–H and O–H groups in total. The van der Waals surface area contributed by atoms with Crippen LogP contribution in [0, 0.1) is 22.7 Å². The summed E-state index contributed by atoms with van der Waals surface area (Å²) in [5, 5.41) is 20.9. The fraction of sp³-hybridized carbons (Fsp3) is 0.0625. The van der Waals surface area contributed by atoms with Gasteiger partial charge in [0, 0.05) is 6.54 Å². The van der Waals surface area contributed by atoms with Crippen molar-refractivity contribution < 1.29 is 0 Å². The lowest BCUT2D eigenvalue weighted by Crippen LogP contribution is -2.00. The number of nitrogens with zero attached hydrogens (tertiary/aromatic N) is 3. The lowest BCUT2D eigenvalue weighted by molar-refractivity contribution is 1.10. The number of hydrogen-bond acceptors (Lipinski definition) is 4. The number of nitrogens with one attached hydrogen (secondary N) is 2. The first-order chi connectivity index (χ1) is 10.3. The Labute approximate surface area is 121 Å². The Morgan fingerprint density at radius 1 is 1.05 bits per heavy atom. The molecule has 0 aliphatic rings. The van der Waals surface area contributed by atoms with Crippen LogP contribution in [0.2, 0.25) is 0 Å². The van der Waals surface area contributed by atoms with Gasteiger partial charge in [0.15, 0.2) is 0 Å². The lowest BCUT2D eigenvalue weighted by Gasteiger charge is -2.03. The molecule has 0 aliphatic heterocycles. The largest absolute Gasteiger partial charge is 0.352 e. The Balaban J connectivity index is 1.79. The highest BCUT2D eigenvalue weighted by atomic mass is 15.1. The van der Waals surface area contributed by atoms with Crippen molar-refractivity contribution in [2.45, 2.75) is 6.54 Å². The average molecular weight is 273 g/mol. The quantitative estimate of drug-likeness (QED) is 0.768. The van der Waals surface area contributed by atoms with Crippen LogP contribution in [-0.4, -0.2) is 9.97 Å². The molecule has 0 unspecified atom stereocenters. The maximum Gasteiger partial charge on any atom is 0.201 e. The zero-order valence-electron chi connectivity index (χ0n) is 11.1. The van der Waals surface area contributed by atoms with E-state index < -0.39 is 0 Å². The van der Waals surface area contributed by atoms with Crippen LogP contribution in [0.3, 0.4) is 0 Å². The number of imidazole rings is 1. The van der Waals surface area contributed by atoms with Gasteiger partial charge in [0.1, 0.15) is 0 Å². The highest BCUT2D eigenvalue weighted by molar-refractivity contribution is 5.78. The number of hydrogen-bond donors (Lipinski definition) is 2. The molecule has 1 aromatic heterocycles. The SMILES string of the molecule is N#Cc1cccc(CNc2nc3ccc(C#N)cc3[nH]2)c1. The van der Waals surface area contributed by atoms with E-state index >= 15 is 0 Å². The highest BCUT2D eigenvalue weighted by Crippen LogP contribution is 2.16. The number of anilines is 1. The van der Waals surface area contributed by atoms with Crippen molar-refractivity contribution in [3.8, 4) is 12.1 Å². The second kappa shape index (κ2) is 5.36. The zero-order chi connectivity index (χ0) is 14.7. The van der Waals surface area contributed by atoms with Crippen LogP contribution in [0.1, 0.15) is 16.7 Å². The summed E-state index contributed by atoms with van der Waals surface area (Å²) < 4.78 is 0. The van der Waals surface area contributed by atoms with Crippen molar-refractivity contribution >= 4 is 17.0 Å². The van der Waals surface area contributed by atoms with Gasteiger partial charge >= 0.3 is 0 Å². The molecule has 3 rings (SSSR count). The van der Waals surface area contributed by atoms with Crippen molar-refractivity contribution in [2.24, 2.45) is 0 Å². The van der Waals surface area contributed by atoms with Gasteiger partial charge in [-0.3, -0.25) is 0 Å². The molecule has 5 nitrogen and oxygen atoms in total. The molecule has 0 fully saturated rings. The van der Waals surface area contributed by atoms with Crippen LogP contribution in [0.15, 0.2) is 42.5 Å². The van der Waals surface area contributed by atoms with Crippen LogP contribution in [0.5, 0.6) is 0 Å². The van der Waals surface area contributed by atoms with Crippen molar-refractivity contribution in [2.75, 3.05) is 5.32 Å². The van der Waals surface area contributed by atoms with Gasteiger partial charge in [-0.1, -0.05) is 12.1 Å². The molecule has 5 heteroatoms. The van der Waals surface area contributed by atoms with E-state index in [1.807, 2.05) is 24.3 Å². The van der Waals surface area contributed by atoms with Crippen molar-refractivity contribution in [1.29, 1.82) is 10.5 Å². The molecule has 0 saturated carbocycles. The van der Waals surface area contributed by atoms with E-state index in [1.165, 1.54) is 0 Å². The van der Waals surface area contributed by atoms with Gasteiger partial charge in [0.05, 0.1) is 34.3 Å². The third-order valence-electron chi connectivity index (χ3n) is 3.13. The van der Waals surface area contributed by atoms with Gasteiger partial charge in [-0.15, -0.1) is 0 Å².